The minimum absolute atomic E-state index is 0.246. The summed E-state index contributed by atoms with van der Waals surface area (Å²) in [5.41, 5.74) is 0.330. The van der Waals surface area contributed by atoms with Crippen molar-refractivity contribution in [2.24, 2.45) is 0 Å². The maximum atomic E-state index is 11.8. The lowest BCUT2D eigenvalue weighted by atomic mass is 10.2. The SMILES string of the molecule is N#Cc1cc(Br)cc(OCCC(F)(F)F)c1. The van der Waals surface area contributed by atoms with E-state index < -0.39 is 19.2 Å². The van der Waals surface area contributed by atoms with Gasteiger partial charge in [0.15, 0.2) is 0 Å². The highest BCUT2D eigenvalue weighted by molar-refractivity contribution is 9.10. The molecular weight excluding hydrogens is 287 g/mol. The Morgan fingerprint density at radius 2 is 2.00 bits per heavy atom. The molecule has 0 atom stereocenters. The van der Waals surface area contributed by atoms with Crippen LogP contribution in [0.4, 0.5) is 13.2 Å². The molecule has 16 heavy (non-hydrogen) atoms. The van der Waals surface area contributed by atoms with Crippen LogP contribution >= 0.6 is 15.9 Å². The van der Waals surface area contributed by atoms with Gasteiger partial charge in [-0.2, -0.15) is 18.4 Å². The molecule has 0 heterocycles. The normalized spacial score (nSPS) is 10.9. The number of nitrogens with zero attached hydrogens (tertiary/aromatic N) is 1. The van der Waals surface area contributed by atoms with Crippen molar-refractivity contribution >= 4 is 15.9 Å². The molecule has 0 amide bonds. The number of halogens is 4. The molecule has 1 aromatic carbocycles. The number of rotatable bonds is 3. The molecule has 2 nitrogen and oxygen atoms in total. The van der Waals surface area contributed by atoms with Gasteiger partial charge in [0.25, 0.3) is 0 Å². The zero-order chi connectivity index (χ0) is 12.2. The topological polar surface area (TPSA) is 33.0 Å². The fraction of sp³-hybridized carbons (Fsp3) is 0.300. The van der Waals surface area contributed by atoms with Gasteiger partial charge in [-0.05, 0) is 18.2 Å². The van der Waals surface area contributed by atoms with Crippen LogP contribution in [0.25, 0.3) is 0 Å². The summed E-state index contributed by atoms with van der Waals surface area (Å²) in [6.45, 7) is -0.454. The Morgan fingerprint density at radius 1 is 1.31 bits per heavy atom. The van der Waals surface area contributed by atoms with Gasteiger partial charge in [-0.1, -0.05) is 15.9 Å². The molecule has 1 rings (SSSR count). The molecule has 0 aliphatic heterocycles. The van der Waals surface area contributed by atoms with Crippen LogP contribution in [0.5, 0.6) is 5.75 Å². The second kappa shape index (κ2) is 5.21. The van der Waals surface area contributed by atoms with Crippen molar-refractivity contribution in [2.75, 3.05) is 6.61 Å². The predicted molar refractivity (Wildman–Crippen MR) is 55.0 cm³/mol. The highest BCUT2D eigenvalue weighted by Gasteiger charge is 2.26. The Kier molecular flexibility index (Phi) is 4.19. The van der Waals surface area contributed by atoms with Gasteiger partial charge in [-0.3, -0.25) is 0 Å². The number of hydrogen-bond acceptors (Lipinski definition) is 2. The van der Waals surface area contributed by atoms with E-state index in [1.807, 2.05) is 6.07 Å². The maximum Gasteiger partial charge on any atom is 0.392 e. The molecule has 0 fully saturated rings. The van der Waals surface area contributed by atoms with E-state index in [0.717, 1.165) is 0 Å². The monoisotopic (exact) mass is 293 g/mol. The molecule has 0 spiro atoms. The van der Waals surface area contributed by atoms with E-state index in [4.69, 9.17) is 10.00 Å². The molecule has 86 valence electrons. The predicted octanol–water partition coefficient (Wildman–Crippen LogP) is 3.65. The Morgan fingerprint density at radius 3 is 2.56 bits per heavy atom. The van der Waals surface area contributed by atoms with E-state index in [9.17, 15) is 13.2 Å². The summed E-state index contributed by atoms with van der Waals surface area (Å²) in [6, 6.07) is 6.34. The largest absolute Gasteiger partial charge is 0.493 e. The number of benzene rings is 1. The molecule has 0 saturated heterocycles. The smallest absolute Gasteiger partial charge is 0.392 e. The van der Waals surface area contributed by atoms with Crippen LogP contribution in [0.1, 0.15) is 12.0 Å². The Bertz CT molecular complexity index is 412. The van der Waals surface area contributed by atoms with Crippen molar-refractivity contribution in [1.29, 1.82) is 5.26 Å². The minimum Gasteiger partial charge on any atom is -0.493 e. The van der Waals surface area contributed by atoms with Crippen LogP contribution in [0.15, 0.2) is 22.7 Å². The van der Waals surface area contributed by atoms with E-state index >= 15 is 0 Å². The summed E-state index contributed by atoms with van der Waals surface area (Å²) >= 11 is 3.13. The van der Waals surface area contributed by atoms with E-state index in [-0.39, 0.29) is 5.75 Å². The quantitative estimate of drug-likeness (QED) is 0.852. The molecule has 0 aliphatic carbocycles. The van der Waals surface area contributed by atoms with Crippen LogP contribution in [0.2, 0.25) is 0 Å². The maximum absolute atomic E-state index is 11.8. The van der Waals surface area contributed by atoms with Gasteiger partial charge in [0.05, 0.1) is 24.7 Å². The summed E-state index contributed by atoms with van der Waals surface area (Å²) < 4.78 is 41.0. The summed E-state index contributed by atoms with van der Waals surface area (Å²) in [6.07, 6.45) is -5.24. The molecule has 0 aromatic heterocycles. The van der Waals surface area contributed by atoms with Crippen molar-refractivity contribution < 1.29 is 17.9 Å². The third kappa shape index (κ3) is 4.53. The van der Waals surface area contributed by atoms with Gasteiger partial charge < -0.3 is 4.74 Å². The van der Waals surface area contributed by atoms with Gasteiger partial charge in [0.2, 0.25) is 0 Å². The van der Waals surface area contributed by atoms with Crippen molar-refractivity contribution in [3.63, 3.8) is 0 Å². The number of ether oxygens (including phenoxy) is 1. The third-order valence-corrected chi connectivity index (χ3v) is 2.11. The lowest BCUT2D eigenvalue weighted by Crippen LogP contribution is -2.13. The highest BCUT2D eigenvalue weighted by atomic mass is 79.9. The Labute approximate surface area is 98.8 Å². The summed E-state index contributed by atoms with van der Waals surface area (Å²) in [5.74, 6) is 0.246. The molecule has 0 N–H and O–H groups in total. The van der Waals surface area contributed by atoms with Crippen molar-refractivity contribution in [3.05, 3.63) is 28.2 Å². The van der Waals surface area contributed by atoms with Crippen molar-refractivity contribution in [3.8, 4) is 11.8 Å². The van der Waals surface area contributed by atoms with Crippen LogP contribution in [-0.4, -0.2) is 12.8 Å². The molecule has 1 aromatic rings. The Balaban J connectivity index is 2.61. The molecule has 6 heteroatoms. The zero-order valence-corrected chi connectivity index (χ0v) is 9.60. The fourth-order valence-corrected chi connectivity index (χ4v) is 1.47. The molecule has 0 aliphatic rings. The first-order valence-electron chi connectivity index (χ1n) is 4.31. The van der Waals surface area contributed by atoms with E-state index in [1.54, 1.807) is 6.07 Å². The van der Waals surface area contributed by atoms with Crippen molar-refractivity contribution in [2.45, 2.75) is 12.6 Å². The molecule has 0 radical (unpaired) electrons. The van der Waals surface area contributed by atoms with E-state index in [1.165, 1.54) is 12.1 Å². The summed E-state index contributed by atoms with van der Waals surface area (Å²) in [4.78, 5) is 0. The first-order valence-corrected chi connectivity index (χ1v) is 5.10. The lowest BCUT2D eigenvalue weighted by Gasteiger charge is -2.09. The Hall–Kier alpha value is -1.22. The average molecular weight is 294 g/mol. The zero-order valence-electron chi connectivity index (χ0n) is 8.01. The third-order valence-electron chi connectivity index (χ3n) is 1.65. The fourth-order valence-electron chi connectivity index (χ4n) is 0.995. The molecule has 0 bridgehead atoms. The molecule has 0 saturated carbocycles. The number of hydrogen-bond donors (Lipinski definition) is 0. The highest BCUT2D eigenvalue weighted by Crippen LogP contribution is 2.23. The van der Waals surface area contributed by atoms with E-state index in [0.29, 0.717) is 10.0 Å². The summed E-state index contributed by atoms with van der Waals surface area (Å²) in [7, 11) is 0. The van der Waals surface area contributed by atoms with Gasteiger partial charge in [0, 0.05) is 4.47 Å². The van der Waals surface area contributed by atoms with Crippen LogP contribution in [0, 0.1) is 11.3 Å². The lowest BCUT2D eigenvalue weighted by molar-refractivity contribution is -0.139. The van der Waals surface area contributed by atoms with Gasteiger partial charge in [0.1, 0.15) is 5.75 Å². The minimum atomic E-state index is -4.23. The summed E-state index contributed by atoms with van der Waals surface area (Å²) in [5, 5.41) is 8.63. The first-order chi connectivity index (χ1) is 7.40. The van der Waals surface area contributed by atoms with Gasteiger partial charge in [-0.15, -0.1) is 0 Å². The second-order valence-corrected chi connectivity index (χ2v) is 3.92. The standard InChI is InChI=1S/C10H7BrF3NO/c11-8-3-7(6-15)4-9(5-8)16-2-1-10(12,13)14/h3-5H,1-2H2. The van der Waals surface area contributed by atoms with Crippen LogP contribution < -0.4 is 4.74 Å². The van der Waals surface area contributed by atoms with Crippen molar-refractivity contribution in [1.82, 2.24) is 0 Å². The second-order valence-electron chi connectivity index (χ2n) is 3.00. The van der Waals surface area contributed by atoms with Crippen LogP contribution in [-0.2, 0) is 0 Å². The number of alkyl halides is 3. The van der Waals surface area contributed by atoms with Crippen LogP contribution in [0.3, 0.4) is 0 Å². The first kappa shape index (κ1) is 12.8. The van der Waals surface area contributed by atoms with Gasteiger partial charge >= 0.3 is 6.18 Å². The van der Waals surface area contributed by atoms with E-state index in [2.05, 4.69) is 15.9 Å². The average Bonchev–Trinajstić information content (AvgIpc) is 2.14. The molecule has 0 unspecified atom stereocenters. The number of nitriles is 1. The molecular formula is C10H7BrF3NO. The van der Waals surface area contributed by atoms with Gasteiger partial charge in [-0.25, -0.2) is 0 Å².